The summed E-state index contributed by atoms with van der Waals surface area (Å²) >= 11 is 1.79. The fraction of sp³-hybridized carbons (Fsp3) is 0.267. The first kappa shape index (κ1) is 12.4. The van der Waals surface area contributed by atoms with Gasteiger partial charge in [-0.2, -0.15) is 5.10 Å². The molecule has 2 unspecified atom stereocenters. The maximum atomic E-state index is 6.21. The van der Waals surface area contributed by atoms with Crippen LogP contribution in [0.2, 0.25) is 0 Å². The van der Waals surface area contributed by atoms with E-state index >= 15 is 0 Å². The third-order valence-corrected chi connectivity index (χ3v) is 4.39. The number of nitrogens with zero attached hydrogens (tertiary/aromatic N) is 2. The predicted molar refractivity (Wildman–Crippen MR) is 80.6 cm³/mol. The van der Waals surface area contributed by atoms with Crippen LogP contribution < -0.4 is 5.73 Å². The molecule has 0 aliphatic carbocycles. The fourth-order valence-corrected chi connectivity index (χ4v) is 3.51. The van der Waals surface area contributed by atoms with Gasteiger partial charge in [0.05, 0.1) is 11.7 Å². The van der Waals surface area contributed by atoms with Crippen LogP contribution in [0.1, 0.15) is 22.7 Å². The second kappa shape index (κ2) is 4.79. The smallest absolute Gasteiger partial charge is 0.101 e. The van der Waals surface area contributed by atoms with Gasteiger partial charge in [0.15, 0.2) is 0 Å². The molecule has 2 aromatic heterocycles. The van der Waals surface area contributed by atoms with E-state index in [1.165, 1.54) is 9.75 Å². The van der Waals surface area contributed by atoms with Gasteiger partial charge in [0, 0.05) is 21.2 Å². The molecule has 0 aliphatic rings. The highest BCUT2D eigenvalue weighted by atomic mass is 32.1. The molecule has 2 heterocycles. The van der Waals surface area contributed by atoms with Gasteiger partial charge in [-0.3, -0.25) is 4.68 Å². The van der Waals surface area contributed by atoms with Crippen molar-refractivity contribution in [1.29, 1.82) is 0 Å². The number of rotatable bonds is 3. The number of benzene rings is 1. The Bertz CT molecular complexity index is 696. The van der Waals surface area contributed by atoms with Crippen LogP contribution in [0.3, 0.4) is 0 Å². The lowest BCUT2D eigenvalue weighted by atomic mass is 10.1. The molecule has 4 heteroatoms. The molecule has 3 rings (SSSR count). The Kier molecular flexibility index (Phi) is 3.12. The SMILES string of the molecule is Cc1ccc(C(C(C)N)n2ncc3ccccc32)s1. The van der Waals surface area contributed by atoms with Crippen LogP contribution >= 0.6 is 11.3 Å². The van der Waals surface area contributed by atoms with Crippen LogP contribution in [0.4, 0.5) is 0 Å². The number of thiophene rings is 1. The highest BCUT2D eigenvalue weighted by molar-refractivity contribution is 7.12. The van der Waals surface area contributed by atoms with E-state index in [1.807, 2.05) is 29.9 Å². The molecule has 2 atom stereocenters. The lowest BCUT2D eigenvalue weighted by Crippen LogP contribution is -2.30. The van der Waals surface area contributed by atoms with Crippen molar-refractivity contribution in [3.8, 4) is 0 Å². The molecule has 2 N–H and O–H groups in total. The van der Waals surface area contributed by atoms with Crippen molar-refractivity contribution >= 4 is 22.2 Å². The Hall–Kier alpha value is -1.65. The molecule has 0 radical (unpaired) electrons. The number of aryl methyl sites for hydroxylation is 1. The summed E-state index contributed by atoms with van der Waals surface area (Å²) in [4.78, 5) is 2.57. The Morgan fingerprint density at radius 1 is 1.21 bits per heavy atom. The summed E-state index contributed by atoms with van der Waals surface area (Å²) in [5, 5.41) is 5.70. The van der Waals surface area contributed by atoms with Gasteiger partial charge in [0.25, 0.3) is 0 Å². The van der Waals surface area contributed by atoms with Gasteiger partial charge in [-0.1, -0.05) is 18.2 Å². The van der Waals surface area contributed by atoms with Crippen LogP contribution in [-0.2, 0) is 0 Å². The zero-order valence-corrected chi connectivity index (χ0v) is 11.9. The summed E-state index contributed by atoms with van der Waals surface area (Å²) in [6, 6.07) is 12.7. The number of hydrogen-bond acceptors (Lipinski definition) is 3. The number of para-hydroxylation sites is 1. The minimum atomic E-state index is 0.0151. The van der Waals surface area contributed by atoms with Gasteiger partial charge >= 0.3 is 0 Å². The van der Waals surface area contributed by atoms with Gasteiger partial charge in [0.1, 0.15) is 6.04 Å². The van der Waals surface area contributed by atoms with Crippen molar-refractivity contribution in [1.82, 2.24) is 9.78 Å². The van der Waals surface area contributed by atoms with Crippen LogP contribution in [0.25, 0.3) is 10.9 Å². The van der Waals surface area contributed by atoms with Gasteiger partial charge < -0.3 is 5.73 Å². The quantitative estimate of drug-likeness (QED) is 0.794. The van der Waals surface area contributed by atoms with Crippen molar-refractivity contribution in [3.05, 3.63) is 52.3 Å². The van der Waals surface area contributed by atoms with E-state index in [0.717, 1.165) is 10.9 Å². The Morgan fingerprint density at radius 2 is 2.00 bits per heavy atom. The van der Waals surface area contributed by atoms with E-state index in [9.17, 15) is 0 Å². The van der Waals surface area contributed by atoms with Crippen LogP contribution in [0, 0.1) is 6.92 Å². The average Bonchev–Trinajstić information content (AvgIpc) is 2.98. The van der Waals surface area contributed by atoms with Crippen molar-refractivity contribution in [3.63, 3.8) is 0 Å². The standard InChI is InChI=1S/C15H17N3S/c1-10-7-8-14(19-10)15(11(2)16)18-13-6-4-3-5-12(13)9-17-18/h3-9,11,15H,16H2,1-2H3. The first-order valence-electron chi connectivity index (χ1n) is 6.41. The molecule has 1 aromatic carbocycles. The monoisotopic (exact) mass is 271 g/mol. The molecule has 0 spiro atoms. The van der Waals surface area contributed by atoms with Gasteiger partial charge in [-0.05, 0) is 32.0 Å². The van der Waals surface area contributed by atoms with E-state index in [1.54, 1.807) is 11.3 Å². The molecule has 0 aliphatic heterocycles. The van der Waals surface area contributed by atoms with Gasteiger partial charge in [0.2, 0.25) is 0 Å². The molecule has 3 nitrogen and oxygen atoms in total. The summed E-state index contributed by atoms with van der Waals surface area (Å²) in [6.45, 7) is 4.16. The first-order chi connectivity index (χ1) is 9.16. The van der Waals surface area contributed by atoms with E-state index in [0.29, 0.717) is 0 Å². The molecule has 0 fully saturated rings. The van der Waals surface area contributed by atoms with Crippen molar-refractivity contribution in [2.45, 2.75) is 25.9 Å². The minimum Gasteiger partial charge on any atom is -0.326 e. The molecule has 19 heavy (non-hydrogen) atoms. The summed E-state index contributed by atoms with van der Waals surface area (Å²) in [5.41, 5.74) is 7.34. The van der Waals surface area contributed by atoms with E-state index in [2.05, 4.69) is 36.3 Å². The maximum Gasteiger partial charge on any atom is 0.101 e. The normalized spacial score (nSPS) is 14.7. The average molecular weight is 271 g/mol. The highest BCUT2D eigenvalue weighted by Gasteiger charge is 2.22. The largest absolute Gasteiger partial charge is 0.326 e. The van der Waals surface area contributed by atoms with Gasteiger partial charge in [-0.25, -0.2) is 0 Å². The maximum absolute atomic E-state index is 6.21. The highest BCUT2D eigenvalue weighted by Crippen LogP contribution is 2.30. The topological polar surface area (TPSA) is 43.8 Å². The summed E-state index contributed by atoms with van der Waals surface area (Å²) in [5.74, 6) is 0. The third kappa shape index (κ3) is 2.17. The fourth-order valence-electron chi connectivity index (χ4n) is 2.43. The van der Waals surface area contributed by atoms with E-state index in [4.69, 9.17) is 5.73 Å². The predicted octanol–water partition coefficient (Wildman–Crippen LogP) is 3.34. The summed E-state index contributed by atoms with van der Waals surface area (Å²) in [7, 11) is 0. The summed E-state index contributed by atoms with van der Waals surface area (Å²) in [6.07, 6.45) is 1.91. The molecule has 0 bridgehead atoms. The number of nitrogens with two attached hydrogens (primary N) is 1. The summed E-state index contributed by atoms with van der Waals surface area (Å²) < 4.78 is 2.05. The molecule has 3 aromatic rings. The van der Waals surface area contributed by atoms with Crippen molar-refractivity contribution < 1.29 is 0 Å². The molecule has 0 saturated heterocycles. The molecule has 98 valence electrons. The van der Waals surface area contributed by atoms with E-state index in [-0.39, 0.29) is 12.1 Å². The molecule has 0 amide bonds. The van der Waals surface area contributed by atoms with E-state index < -0.39 is 0 Å². The van der Waals surface area contributed by atoms with Gasteiger partial charge in [-0.15, -0.1) is 11.3 Å². The Labute approximate surface area is 116 Å². The third-order valence-electron chi connectivity index (χ3n) is 3.32. The van der Waals surface area contributed by atoms with Crippen LogP contribution in [0.5, 0.6) is 0 Å². The minimum absolute atomic E-state index is 0.0151. The first-order valence-corrected chi connectivity index (χ1v) is 7.22. The molecule has 0 saturated carbocycles. The Morgan fingerprint density at radius 3 is 2.68 bits per heavy atom. The zero-order chi connectivity index (χ0) is 13.4. The lowest BCUT2D eigenvalue weighted by molar-refractivity contribution is 0.473. The van der Waals surface area contributed by atoms with Crippen molar-refractivity contribution in [2.75, 3.05) is 0 Å². The molecular weight excluding hydrogens is 254 g/mol. The lowest BCUT2D eigenvalue weighted by Gasteiger charge is -2.21. The molecular formula is C15H17N3S. The zero-order valence-electron chi connectivity index (χ0n) is 11.1. The second-order valence-corrected chi connectivity index (χ2v) is 6.22. The number of fused-ring (bicyclic) bond motifs is 1. The van der Waals surface area contributed by atoms with Crippen LogP contribution in [0.15, 0.2) is 42.6 Å². The Balaban J connectivity index is 2.15. The number of aromatic nitrogens is 2. The second-order valence-electron chi connectivity index (χ2n) is 4.90. The van der Waals surface area contributed by atoms with Crippen LogP contribution in [-0.4, -0.2) is 15.8 Å². The van der Waals surface area contributed by atoms with Crippen molar-refractivity contribution in [2.24, 2.45) is 5.73 Å². The number of hydrogen-bond donors (Lipinski definition) is 1.